The normalized spacial score (nSPS) is 29.2. The van der Waals surface area contributed by atoms with Crippen LogP contribution in [0.15, 0.2) is 21.2 Å². The van der Waals surface area contributed by atoms with E-state index in [1.807, 2.05) is 19.2 Å². The molecule has 5 heteroatoms. The lowest BCUT2D eigenvalue weighted by Gasteiger charge is -2.24. The number of amides is 1. The molecule has 1 aliphatic carbocycles. The van der Waals surface area contributed by atoms with Crippen LogP contribution in [0, 0.1) is 5.92 Å². The zero-order valence-electron chi connectivity index (χ0n) is 11.8. The highest BCUT2D eigenvalue weighted by atomic mass is 79.9. The van der Waals surface area contributed by atoms with Crippen LogP contribution in [-0.4, -0.2) is 29.9 Å². The van der Waals surface area contributed by atoms with Gasteiger partial charge in [-0.2, -0.15) is 0 Å². The summed E-state index contributed by atoms with van der Waals surface area (Å²) >= 11 is 3.28. The quantitative estimate of drug-likeness (QED) is 0.920. The maximum Gasteiger partial charge on any atom is 0.239 e. The van der Waals surface area contributed by atoms with Gasteiger partial charge in [-0.05, 0) is 53.2 Å². The van der Waals surface area contributed by atoms with Gasteiger partial charge in [0, 0.05) is 13.1 Å². The van der Waals surface area contributed by atoms with Crippen molar-refractivity contribution in [2.24, 2.45) is 5.92 Å². The maximum absolute atomic E-state index is 12.5. The number of nitrogens with zero attached hydrogens (tertiary/aromatic N) is 1. The van der Waals surface area contributed by atoms with E-state index in [2.05, 4.69) is 21.2 Å². The van der Waals surface area contributed by atoms with Crippen molar-refractivity contribution in [3.05, 3.63) is 22.6 Å². The minimum Gasteiger partial charge on any atom is -0.452 e. The summed E-state index contributed by atoms with van der Waals surface area (Å²) in [5, 5.41) is 3.53. The molecule has 1 aliphatic heterocycles. The highest BCUT2D eigenvalue weighted by Crippen LogP contribution is 2.33. The lowest BCUT2D eigenvalue weighted by Crippen LogP contribution is -2.43. The molecule has 1 saturated carbocycles. The molecule has 20 heavy (non-hydrogen) atoms. The SMILES string of the molecule is CN(Cc1ccc(Br)o1)C(=O)C1CC2CCCCC2N1. The van der Waals surface area contributed by atoms with Crippen molar-refractivity contribution in [1.29, 1.82) is 0 Å². The van der Waals surface area contributed by atoms with Crippen LogP contribution in [0.25, 0.3) is 0 Å². The van der Waals surface area contributed by atoms with Crippen LogP contribution < -0.4 is 5.32 Å². The highest BCUT2D eigenvalue weighted by Gasteiger charge is 2.39. The van der Waals surface area contributed by atoms with E-state index in [0.29, 0.717) is 23.2 Å². The van der Waals surface area contributed by atoms with Gasteiger partial charge < -0.3 is 14.6 Å². The molecule has 2 heterocycles. The van der Waals surface area contributed by atoms with Gasteiger partial charge in [0.05, 0.1) is 12.6 Å². The fourth-order valence-electron chi connectivity index (χ4n) is 3.52. The van der Waals surface area contributed by atoms with Crippen LogP contribution >= 0.6 is 15.9 Å². The van der Waals surface area contributed by atoms with E-state index in [1.165, 1.54) is 25.7 Å². The Morgan fingerprint density at radius 1 is 1.45 bits per heavy atom. The first kappa shape index (κ1) is 14.1. The third-order valence-electron chi connectivity index (χ3n) is 4.56. The van der Waals surface area contributed by atoms with E-state index < -0.39 is 0 Å². The molecule has 3 rings (SSSR count). The third kappa shape index (κ3) is 2.93. The standard InChI is InChI=1S/C15H21BrN2O2/c1-18(9-11-6-7-14(16)20-11)15(19)13-8-10-4-2-3-5-12(10)17-13/h6-7,10,12-13,17H,2-5,8-9H2,1H3. The van der Waals surface area contributed by atoms with Gasteiger partial charge in [-0.3, -0.25) is 4.79 Å². The van der Waals surface area contributed by atoms with Crippen molar-refractivity contribution < 1.29 is 9.21 Å². The summed E-state index contributed by atoms with van der Waals surface area (Å²) in [7, 11) is 1.85. The summed E-state index contributed by atoms with van der Waals surface area (Å²) in [4.78, 5) is 14.3. The Labute approximate surface area is 128 Å². The fourth-order valence-corrected chi connectivity index (χ4v) is 3.87. The Morgan fingerprint density at radius 3 is 2.95 bits per heavy atom. The van der Waals surface area contributed by atoms with Crippen LogP contribution in [0.1, 0.15) is 37.9 Å². The molecule has 3 atom stereocenters. The minimum absolute atomic E-state index is 0.00787. The summed E-state index contributed by atoms with van der Waals surface area (Å²) in [6.45, 7) is 0.526. The minimum atomic E-state index is -0.00787. The highest BCUT2D eigenvalue weighted by molar-refractivity contribution is 9.10. The Balaban J connectivity index is 1.58. The van der Waals surface area contributed by atoms with Gasteiger partial charge in [0.1, 0.15) is 5.76 Å². The molecule has 2 fully saturated rings. The van der Waals surface area contributed by atoms with Gasteiger partial charge in [0.2, 0.25) is 5.91 Å². The molecular formula is C15H21BrN2O2. The molecular weight excluding hydrogens is 320 g/mol. The maximum atomic E-state index is 12.5. The second kappa shape index (κ2) is 5.90. The smallest absolute Gasteiger partial charge is 0.239 e. The number of hydrogen-bond donors (Lipinski definition) is 1. The van der Waals surface area contributed by atoms with Crippen LogP contribution in [0.3, 0.4) is 0 Å². The lowest BCUT2D eigenvalue weighted by molar-refractivity contribution is -0.132. The summed E-state index contributed by atoms with van der Waals surface area (Å²) in [5.41, 5.74) is 0. The summed E-state index contributed by atoms with van der Waals surface area (Å²) in [6, 6.07) is 4.31. The molecule has 0 radical (unpaired) electrons. The van der Waals surface area contributed by atoms with E-state index in [4.69, 9.17) is 4.42 Å². The van der Waals surface area contributed by atoms with Crippen molar-refractivity contribution >= 4 is 21.8 Å². The molecule has 110 valence electrons. The molecule has 3 unspecified atom stereocenters. The van der Waals surface area contributed by atoms with Gasteiger partial charge in [-0.1, -0.05) is 12.8 Å². The predicted octanol–water partition coefficient (Wildman–Crippen LogP) is 2.92. The molecule has 1 N–H and O–H groups in total. The number of carbonyl (C=O) groups excluding carboxylic acids is 1. The topological polar surface area (TPSA) is 45.5 Å². The van der Waals surface area contributed by atoms with Gasteiger partial charge in [0.15, 0.2) is 4.67 Å². The largest absolute Gasteiger partial charge is 0.452 e. The van der Waals surface area contributed by atoms with E-state index in [9.17, 15) is 4.79 Å². The molecule has 1 saturated heterocycles. The van der Waals surface area contributed by atoms with Crippen molar-refractivity contribution in [3.8, 4) is 0 Å². The molecule has 2 aliphatic rings. The number of carbonyl (C=O) groups is 1. The van der Waals surface area contributed by atoms with Crippen LogP contribution in [-0.2, 0) is 11.3 Å². The number of rotatable bonds is 3. The average molecular weight is 341 g/mol. The van der Waals surface area contributed by atoms with Crippen LogP contribution in [0.2, 0.25) is 0 Å². The molecule has 1 aromatic heterocycles. The number of halogens is 1. The van der Waals surface area contributed by atoms with Gasteiger partial charge >= 0.3 is 0 Å². The Kier molecular flexibility index (Phi) is 4.17. The number of likely N-dealkylation sites (N-methyl/N-ethyl adjacent to an activating group) is 1. The van der Waals surface area contributed by atoms with Crippen molar-refractivity contribution in [3.63, 3.8) is 0 Å². The first-order valence-corrected chi connectivity index (χ1v) is 8.18. The zero-order chi connectivity index (χ0) is 14.1. The van der Waals surface area contributed by atoms with E-state index in [-0.39, 0.29) is 11.9 Å². The number of fused-ring (bicyclic) bond motifs is 1. The summed E-state index contributed by atoms with van der Waals surface area (Å²) < 4.78 is 6.17. The van der Waals surface area contributed by atoms with E-state index in [1.54, 1.807) is 4.90 Å². The van der Waals surface area contributed by atoms with Gasteiger partial charge in [-0.25, -0.2) is 0 Å². The first-order valence-electron chi connectivity index (χ1n) is 7.38. The zero-order valence-corrected chi connectivity index (χ0v) is 13.4. The van der Waals surface area contributed by atoms with Gasteiger partial charge in [0.25, 0.3) is 0 Å². The van der Waals surface area contributed by atoms with Gasteiger partial charge in [-0.15, -0.1) is 0 Å². The molecule has 0 bridgehead atoms. The molecule has 0 spiro atoms. The average Bonchev–Trinajstić information content (AvgIpc) is 3.03. The molecule has 1 aromatic rings. The summed E-state index contributed by atoms with van der Waals surface area (Å²) in [5.74, 6) is 1.69. The molecule has 1 amide bonds. The van der Waals surface area contributed by atoms with Crippen molar-refractivity contribution in [2.45, 2.75) is 50.7 Å². The van der Waals surface area contributed by atoms with Crippen LogP contribution in [0.5, 0.6) is 0 Å². The fraction of sp³-hybridized carbons (Fsp3) is 0.667. The second-order valence-corrected chi connectivity index (χ2v) is 6.79. The lowest BCUT2D eigenvalue weighted by atomic mass is 9.85. The number of hydrogen-bond acceptors (Lipinski definition) is 3. The first-order chi connectivity index (χ1) is 9.63. The Bertz CT molecular complexity index is 474. The van der Waals surface area contributed by atoms with Crippen molar-refractivity contribution in [2.75, 3.05) is 7.05 Å². The Hall–Kier alpha value is -0.810. The number of nitrogens with one attached hydrogen (secondary N) is 1. The predicted molar refractivity (Wildman–Crippen MR) is 80.2 cm³/mol. The van der Waals surface area contributed by atoms with E-state index >= 15 is 0 Å². The Morgan fingerprint density at radius 2 is 2.25 bits per heavy atom. The second-order valence-electron chi connectivity index (χ2n) is 6.01. The van der Waals surface area contributed by atoms with E-state index in [0.717, 1.165) is 12.2 Å². The number of furan rings is 1. The third-order valence-corrected chi connectivity index (χ3v) is 4.99. The molecule has 4 nitrogen and oxygen atoms in total. The van der Waals surface area contributed by atoms with Crippen LogP contribution in [0.4, 0.5) is 0 Å². The monoisotopic (exact) mass is 340 g/mol. The summed E-state index contributed by atoms with van der Waals surface area (Å²) in [6.07, 6.45) is 6.11. The van der Waals surface area contributed by atoms with Crippen molar-refractivity contribution in [1.82, 2.24) is 10.2 Å². The molecule has 0 aromatic carbocycles.